The predicted molar refractivity (Wildman–Crippen MR) is 143 cm³/mol. The number of aliphatic hydroxyl groups excluding tert-OH is 3. The first-order valence-corrected chi connectivity index (χ1v) is 13.6. The minimum Gasteiger partial charge on any atom is -0.512 e. The molecule has 2 fully saturated rings. The second-order valence-corrected chi connectivity index (χ2v) is 11.8. The smallest absolute Gasteiger partial charge is 0.251 e. The lowest BCUT2D eigenvalue weighted by Crippen LogP contribution is -2.57. The summed E-state index contributed by atoms with van der Waals surface area (Å²) in [5.74, 6) is -6.06. The highest BCUT2D eigenvalue weighted by Gasteiger charge is 2.60. The van der Waals surface area contributed by atoms with Crippen molar-refractivity contribution in [2.24, 2.45) is 23.5 Å². The van der Waals surface area contributed by atoms with Crippen molar-refractivity contribution in [2.45, 2.75) is 50.7 Å². The quantitative estimate of drug-likeness (QED) is 0.220. The Balaban J connectivity index is 1.61. The second kappa shape index (κ2) is 9.32. The van der Waals surface area contributed by atoms with Crippen LogP contribution in [-0.4, -0.2) is 60.8 Å². The van der Waals surface area contributed by atoms with Crippen LogP contribution in [0.2, 0.25) is 0 Å². The predicted octanol–water partition coefficient (Wildman–Crippen LogP) is 3.13. The minimum atomic E-state index is -2.60. The van der Waals surface area contributed by atoms with Gasteiger partial charge >= 0.3 is 0 Å². The molecule has 1 aromatic carbocycles. The highest BCUT2D eigenvalue weighted by Crippen LogP contribution is 2.55. The Labute approximate surface area is 228 Å². The lowest BCUT2D eigenvalue weighted by atomic mass is 9.56. The molecular weight excluding hydrogens is 591 g/mol. The van der Waals surface area contributed by atoms with Gasteiger partial charge in [0.15, 0.2) is 11.4 Å². The van der Waals surface area contributed by atoms with Gasteiger partial charge in [0, 0.05) is 27.7 Å². The van der Waals surface area contributed by atoms with Gasteiger partial charge < -0.3 is 31.3 Å². The summed E-state index contributed by atoms with van der Waals surface area (Å²) < 4.78 is 0.875. The standard InChI is InChI=1S/C27H31IN2O7/c1-12(31)27(37)21-14(10-18(32)22(27)26(29)36)7-13-8-16-17(28)9-15(11-30-5-3-2-4-6-30)23(33)20(16)24(34)19(13)25(21)35/h9,13-14,21,31-34,37H,1-8,10-11H2,(H2,29,36)/t13?,14?,21?,27-/m1/s1. The van der Waals surface area contributed by atoms with E-state index in [9.17, 15) is 35.1 Å². The van der Waals surface area contributed by atoms with Crippen LogP contribution in [0.3, 0.4) is 0 Å². The van der Waals surface area contributed by atoms with Gasteiger partial charge in [0.1, 0.15) is 23.0 Å². The number of carbonyl (C=O) groups excluding carboxylic acids is 2. The Hall–Kier alpha value is -2.57. The van der Waals surface area contributed by atoms with Gasteiger partial charge in [-0.05, 0) is 84.8 Å². The van der Waals surface area contributed by atoms with E-state index in [0.717, 1.165) is 35.1 Å². The number of aromatic hydroxyl groups is 1. The van der Waals surface area contributed by atoms with Crippen LogP contribution in [0.25, 0.3) is 5.76 Å². The number of nitrogens with zero attached hydrogens (tertiary/aromatic N) is 1. The average Bonchev–Trinajstić information content (AvgIpc) is 2.82. The fraction of sp³-hybridized carbons (Fsp3) is 0.481. The molecule has 1 heterocycles. The molecule has 198 valence electrons. The number of aliphatic hydroxyl groups is 4. The van der Waals surface area contributed by atoms with Crippen LogP contribution in [-0.2, 0) is 22.6 Å². The summed E-state index contributed by atoms with van der Waals surface area (Å²) in [5.41, 5.74) is 3.82. The Morgan fingerprint density at radius 2 is 1.86 bits per heavy atom. The molecule has 1 amide bonds. The number of benzene rings is 1. The minimum absolute atomic E-state index is 0.0415. The van der Waals surface area contributed by atoms with Crippen molar-refractivity contribution in [3.8, 4) is 5.75 Å². The van der Waals surface area contributed by atoms with E-state index in [1.165, 1.54) is 6.42 Å². The molecule has 4 aliphatic rings. The number of piperidine rings is 1. The third-order valence-electron chi connectivity index (χ3n) is 8.49. The zero-order valence-electron chi connectivity index (χ0n) is 20.3. The Morgan fingerprint density at radius 1 is 1.19 bits per heavy atom. The normalized spacial score (nSPS) is 30.0. The molecule has 0 aromatic heterocycles. The highest BCUT2D eigenvalue weighted by atomic mass is 127. The van der Waals surface area contributed by atoms with Crippen LogP contribution in [0.1, 0.15) is 48.8 Å². The molecule has 1 saturated heterocycles. The molecule has 0 bridgehead atoms. The van der Waals surface area contributed by atoms with E-state index < -0.39 is 52.1 Å². The van der Waals surface area contributed by atoms with E-state index in [4.69, 9.17) is 5.73 Å². The lowest BCUT2D eigenvalue weighted by Gasteiger charge is -2.48. The number of Topliss-reactive ketones (excluding diaryl/α,β-unsaturated/α-hetero) is 1. The van der Waals surface area contributed by atoms with Crippen molar-refractivity contribution in [2.75, 3.05) is 13.1 Å². The van der Waals surface area contributed by atoms with Crippen molar-refractivity contribution in [3.63, 3.8) is 0 Å². The number of halogens is 1. The van der Waals surface area contributed by atoms with Crippen LogP contribution in [0.4, 0.5) is 0 Å². The molecule has 7 N–H and O–H groups in total. The molecule has 3 unspecified atom stereocenters. The van der Waals surface area contributed by atoms with Gasteiger partial charge in [-0.3, -0.25) is 14.5 Å². The molecule has 0 spiro atoms. The number of ketones is 1. The first-order chi connectivity index (χ1) is 17.5. The van der Waals surface area contributed by atoms with Gasteiger partial charge in [-0.15, -0.1) is 0 Å². The molecule has 1 aromatic rings. The monoisotopic (exact) mass is 622 g/mol. The fourth-order valence-corrected chi connectivity index (χ4v) is 7.72. The summed E-state index contributed by atoms with van der Waals surface area (Å²) in [7, 11) is 0. The van der Waals surface area contributed by atoms with Crippen molar-refractivity contribution < 1.29 is 35.1 Å². The number of carbonyl (C=O) groups is 2. The summed E-state index contributed by atoms with van der Waals surface area (Å²) in [6.07, 6.45) is 3.96. The van der Waals surface area contributed by atoms with E-state index in [0.29, 0.717) is 24.9 Å². The van der Waals surface area contributed by atoms with Crippen LogP contribution in [0.15, 0.2) is 35.3 Å². The maximum Gasteiger partial charge on any atom is 0.251 e. The summed E-state index contributed by atoms with van der Waals surface area (Å²) in [6, 6.07) is 1.93. The highest BCUT2D eigenvalue weighted by molar-refractivity contribution is 14.1. The SMILES string of the molecule is C=C(O)[C@]1(O)C(C(N)=O)=C(O)CC2CC3Cc4c(I)cc(CN5CCCCC5)c(O)c4C(O)=C3C(=O)C21. The van der Waals surface area contributed by atoms with Gasteiger partial charge in [0.25, 0.3) is 5.91 Å². The number of phenolic OH excluding ortho intramolecular Hbond substituents is 1. The van der Waals surface area contributed by atoms with E-state index in [-0.39, 0.29) is 29.1 Å². The second-order valence-electron chi connectivity index (χ2n) is 10.7. The van der Waals surface area contributed by atoms with Gasteiger partial charge in [-0.2, -0.15) is 0 Å². The van der Waals surface area contributed by atoms with E-state index in [1.807, 2.05) is 6.07 Å². The topological polar surface area (TPSA) is 165 Å². The van der Waals surface area contributed by atoms with E-state index in [2.05, 4.69) is 34.1 Å². The molecule has 9 nitrogen and oxygen atoms in total. The van der Waals surface area contributed by atoms with E-state index >= 15 is 0 Å². The zero-order valence-corrected chi connectivity index (χ0v) is 22.5. The molecule has 5 rings (SSSR count). The van der Waals surface area contributed by atoms with Crippen LogP contribution in [0, 0.1) is 21.3 Å². The Kier molecular flexibility index (Phi) is 6.56. The third-order valence-corrected chi connectivity index (χ3v) is 9.46. The fourth-order valence-electron chi connectivity index (χ4n) is 6.86. The number of primary amides is 1. The number of phenols is 1. The van der Waals surface area contributed by atoms with Crippen LogP contribution < -0.4 is 5.73 Å². The molecular formula is C27H31IN2O7. The molecule has 3 aliphatic carbocycles. The maximum atomic E-state index is 13.9. The lowest BCUT2D eigenvalue weighted by molar-refractivity contribution is -0.137. The number of amides is 1. The average molecular weight is 622 g/mol. The van der Waals surface area contributed by atoms with Crippen LogP contribution >= 0.6 is 22.6 Å². The molecule has 0 radical (unpaired) electrons. The maximum absolute atomic E-state index is 13.9. The number of hydrogen-bond acceptors (Lipinski definition) is 8. The molecule has 4 atom stereocenters. The van der Waals surface area contributed by atoms with Gasteiger partial charge in [0.05, 0.1) is 17.1 Å². The number of hydrogen-bond donors (Lipinski definition) is 6. The number of fused-ring (bicyclic) bond motifs is 3. The number of allylic oxidation sites excluding steroid dienone is 2. The molecule has 1 aliphatic heterocycles. The van der Waals surface area contributed by atoms with Gasteiger partial charge in [-0.25, -0.2) is 0 Å². The number of nitrogens with two attached hydrogens (primary N) is 1. The van der Waals surface area contributed by atoms with Crippen LogP contribution in [0.5, 0.6) is 5.75 Å². The van der Waals surface area contributed by atoms with E-state index in [1.54, 1.807) is 0 Å². The van der Waals surface area contributed by atoms with Crippen molar-refractivity contribution in [3.05, 3.63) is 55.6 Å². The third kappa shape index (κ3) is 3.95. The number of likely N-dealkylation sites (tertiary alicyclic amines) is 1. The summed E-state index contributed by atoms with van der Waals surface area (Å²) >= 11 is 2.19. The Bertz CT molecular complexity index is 1280. The largest absolute Gasteiger partial charge is 0.512 e. The van der Waals surface area contributed by atoms with Crippen molar-refractivity contribution >= 4 is 40.0 Å². The van der Waals surface area contributed by atoms with Crippen molar-refractivity contribution in [1.82, 2.24) is 4.90 Å². The summed E-state index contributed by atoms with van der Waals surface area (Å²) in [4.78, 5) is 28.3. The molecule has 10 heteroatoms. The summed E-state index contributed by atoms with van der Waals surface area (Å²) in [6.45, 7) is 5.75. The molecule has 1 saturated carbocycles. The van der Waals surface area contributed by atoms with Gasteiger partial charge in [0.2, 0.25) is 0 Å². The zero-order chi connectivity index (χ0) is 26.8. The first-order valence-electron chi connectivity index (χ1n) is 12.5. The van der Waals surface area contributed by atoms with Crippen molar-refractivity contribution in [1.29, 1.82) is 0 Å². The number of rotatable bonds is 4. The molecule has 37 heavy (non-hydrogen) atoms. The first kappa shape index (κ1) is 26.1. The summed E-state index contributed by atoms with van der Waals surface area (Å²) in [5, 5.41) is 55.1. The van der Waals surface area contributed by atoms with Gasteiger partial charge in [-0.1, -0.05) is 13.0 Å². The Morgan fingerprint density at radius 3 is 2.49 bits per heavy atom.